The van der Waals surface area contributed by atoms with Crippen molar-refractivity contribution in [1.29, 1.82) is 0 Å². The zero-order chi connectivity index (χ0) is 12.7. The average molecular weight is 287 g/mol. The normalized spacial score (nSPS) is 13.1. The minimum absolute atomic E-state index is 0. The minimum atomic E-state index is -1.16. The lowest BCUT2D eigenvalue weighted by atomic mass is 10.3. The van der Waals surface area contributed by atoms with E-state index in [4.69, 9.17) is 15.9 Å². The van der Waals surface area contributed by atoms with E-state index in [2.05, 4.69) is 5.32 Å². The first-order chi connectivity index (χ1) is 7.34. The smallest absolute Gasteiger partial charge is 0.327 e. The Bertz CT molecular complexity index is 289. The number of carboxylic acid groups (broad SMARTS) is 2. The molecule has 0 aromatic heterocycles. The molecule has 0 fully saturated rings. The summed E-state index contributed by atoms with van der Waals surface area (Å²) >= 11 is 1.07. The first kappa shape index (κ1) is 18.4. The molecular formula is C8H15ClN2O5S. The minimum Gasteiger partial charge on any atom is -0.480 e. The van der Waals surface area contributed by atoms with Gasteiger partial charge in [0.15, 0.2) is 0 Å². The number of aliphatic carboxylic acids is 2. The van der Waals surface area contributed by atoms with Gasteiger partial charge in [-0.15, -0.1) is 12.4 Å². The van der Waals surface area contributed by atoms with Crippen molar-refractivity contribution in [2.24, 2.45) is 5.73 Å². The maximum atomic E-state index is 10.7. The van der Waals surface area contributed by atoms with Crippen LogP contribution in [0.3, 0.4) is 0 Å². The average Bonchev–Trinajstić information content (AvgIpc) is 2.14. The molecule has 0 spiro atoms. The largest absolute Gasteiger partial charge is 0.480 e. The van der Waals surface area contributed by atoms with Crippen LogP contribution in [0.4, 0.5) is 0 Å². The molecule has 0 aliphatic heterocycles. The van der Waals surface area contributed by atoms with Gasteiger partial charge in [0.2, 0.25) is 5.91 Å². The Morgan fingerprint density at radius 1 is 1.24 bits per heavy atom. The molecule has 0 aliphatic rings. The number of hydrogen-bond donors (Lipinski definition) is 4. The van der Waals surface area contributed by atoms with Crippen molar-refractivity contribution in [3.63, 3.8) is 0 Å². The molecule has 0 aliphatic carbocycles. The van der Waals surface area contributed by atoms with E-state index in [1.54, 1.807) is 0 Å². The molecule has 17 heavy (non-hydrogen) atoms. The number of rotatable bonds is 7. The maximum Gasteiger partial charge on any atom is 0.327 e. The van der Waals surface area contributed by atoms with Crippen LogP contribution in [-0.4, -0.2) is 51.6 Å². The second-order valence-corrected chi connectivity index (χ2v) is 4.15. The first-order valence-corrected chi connectivity index (χ1v) is 5.56. The zero-order valence-corrected chi connectivity index (χ0v) is 10.7. The number of carboxylic acids is 2. The van der Waals surface area contributed by atoms with E-state index in [0.29, 0.717) is 0 Å². The molecule has 0 heterocycles. The SMILES string of the molecule is CC(=O)N[C@@H](CSC[C@H](N)C(=O)O)C(=O)O.Cl. The molecule has 2 atom stereocenters. The van der Waals surface area contributed by atoms with Crippen LogP contribution in [0.5, 0.6) is 0 Å². The van der Waals surface area contributed by atoms with Gasteiger partial charge in [0.25, 0.3) is 0 Å². The highest BCUT2D eigenvalue weighted by atomic mass is 35.5. The molecule has 5 N–H and O–H groups in total. The second-order valence-electron chi connectivity index (χ2n) is 3.07. The summed E-state index contributed by atoms with van der Waals surface area (Å²) in [4.78, 5) is 31.7. The van der Waals surface area contributed by atoms with Crippen molar-refractivity contribution in [3.8, 4) is 0 Å². The van der Waals surface area contributed by atoms with Crippen molar-refractivity contribution in [3.05, 3.63) is 0 Å². The van der Waals surface area contributed by atoms with Gasteiger partial charge >= 0.3 is 11.9 Å². The number of nitrogens with two attached hydrogens (primary N) is 1. The third-order valence-electron chi connectivity index (χ3n) is 1.57. The van der Waals surface area contributed by atoms with Crippen LogP contribution in [0, 0.1) is 0 Å². The van der Waals surface area contributed by atoms with Crippen molar-refractivity contribution >= 4 is 42.0 Å². The molecule has 0 aromatic rings. The second kappa shape index (κ2) is 9.08. The number of amides is 1. The van der Waals surface area contributed by atoms with Gasteiger partial charge < -0.3 is 21.3 Å². The Kier molecular flexibility index (Phi) is 9.82. The molecule has 0 saturated carbocycles. The molecule has 0 rings (SSSR count). The monoisotopic (exact) mass is 286 g/mol. The van der Waals surface area contributed by atoms with Crippen LogP contribution >= 0.6 is 24.2 Å². The Morgan fingerprint density at radius 2 is 1.76 bits per heavy atom. The fourth-order valence-electron chi connectivity index (χ4n) is 0.804. The molecule has 0 bridgehead atoms. The van der Waals surface area contributed by atoms with E-state index < -0.39 is 29.9 Å². The fraction of sp³-hybridized carbons (Fsp3) is 0.625. The molecule has 100 valence electrons. The van der Waals surface area contributed by atoms with Crippen molar-refractivity contribution in [2.45, 2.75) is 19.0 Å². The predicted octanol–water partition coefficient (Wildman–Crippen LogP) is -0.857. The molecule has 0 unspecified atom stereocenters. The first-order valence-electron chi connectivity index (χ1n) is 4.40. The molecule has 0 saturated heterocycles. The summed E-state index contributed by atoms with van der Waals surface area (Å²) in [6.45, 7) is 1.21. The van der Waals surface area contributed by atoms with Gasteiger partial charge in [0.05, 0.1) is 0 Å². The van der Waals surface area contributed by atoms with E-state index in [0.717, 1.165) is 11.8 Å². The van der Waals surface area contributed by atoms with Crippen molar-refractivity contribution < 1.29 is 24.6 Å². The Morgan fingerprint density at radius 3 is 2.12 bits per heavy atom. The lowest BCUT2D eigenvalue weighted by molar-refractivity contribution is -0.140. The lowest BCUT2D eigenvalue weighted by Gasteiger charge is -2.13. The Labute approximate surface area is 109 Å². The molecule has 1 amide bonds. The quantitative estimate of drug-likeness (QED) is 0.479. The highest BCUT2D eigenvalue weighted by Gasteiger charge is 2.19. The van der Waals surface area contributed by atoms with Gasteiger partial charge in [0, 0.05) is 18.4 Å². The number of halogens is 1. The number of carbonyl (C=O) groups excluding carboxylic acids is 1. The van der Waals surface area contributed by atoms with E-state index in [9.17, 15) is 14.4 Å². The van der Waals surface area contributed by atoms with E-state index in [1.165, 1.54) is 6.92 Å². The molecule has 9 heteroatoms. The topological polar surface area (TPSA) is 130 Å². The number of carbonyl (C=O) groups is 3. The van der Waals surface area contributed by atoms with Gasteiger partial charge in [-0.25, -0.2) is 4.79 Å². The zero-order valence-electron chi connectivity index (χ0n) is 9.08. The Hall–Kier alpha value is -0.990. The van der Waals surface area contributed by atoms with E-state index in [1.807, 2.05) is 0 Å². The summed E-state index contributed by atoms with van der Waals surface area (Å²) in [6.07, 6.45) is 0. The van der Waals surface area contributed by atoms with Gasteiger partial charge in [-0.1, -0.05) is 0 Å². The summed E-state index contributed by atoms with van der Waals surface area (Å²) in [5, 5.41) is 19.4. The molecule has 7 nitrogen and oxygen atoms in total. The highest BCUT2D eigenvalue weighted by Crippen LogP contribution is 2.05. The maximum absolute atomic E-state index is 10.7. The van der Waals surface area contributed by atoms with Crippen LogP contribution in [0.2, 0.25) is 0 Å². The fourth-order valence-corrected chi connectivity index (χ4v) is 1.80. The van der Waals surface area contributed by atoms with Crippen molar-refractivity contribution in [2.75, 3.05) is 11.5 Å². The number of nitrogens with one attached hydrogen (secondary N) is 1. The summed E-state index contributed by atoms with van der Waals surface area (Å²) in [7, 11) is 0. The highest BCUT2D eigenvalue weighted by molar-refractivity contribution is 7.99. The molecular weight excluding hydrogens is 272 g/mol. The van der Waals surface area contributed by atoms with Gasteiger partial charge in [0.1, 0.15) is 12.1 Å². The summed E-state index contributed by atoms with van der Waals surface area (Å²) < 4.78 is 0. The van der Waals surface area contributed by atoms with Gasteiger partial charge in [-0.3, -0.25) is 9.59 Å². The summed E-state index contributed by atoms with van der Waals surface area (Å²) in [5.74, 6) is -2.57. The predicted molar refractivity (Wildman–Crippen MR) is 65.4 cm³/mol. The van der Waals surface area contributed by atoms with Crippen LogP contribution in [0.1, 0.15) is 6.92 Å². The third kappa shape index (κ3) is 8.78. The third-order valence-corrected chi connectivity index (χ3v) is 2.74. The summed E-state index contributed by atoms with van der Waals surface area (Å²) in [6, 6.07) is -2.06. The number of thioether (sulfide) groups is 1. The Balaban J connectivity index is 0. The van der Waals surface area contributed by atoms with Gasteiger partial charge in [-0.2, -0.15) is 11.8 Å². The number of hydrogen-bond acceptors (Lipinski definition) is 5. The molecule has 0 radical (unpaired) electrons. The van der Waals surface area contributed by atoms with Gasteiger partial charge in [-0.05, 0) is 0 Å². The van der Waals surface area contributed by atoms with Crippen LogP contribution in [0.15, 0.2) is 0 Å². The van der Waals surface area contributed by atoms with E-state index in [-0.39, 0.29) is 23.9 Å². The van der Waals surface area contributed by atoms with Crippen LogP contribution in [0.25, 0.3) is 0 Å². The van der Waals surface area contributed by atoms with Crippen LogP contribution < -0.4 is 11.1 Å². The van der Waals surface area contributed by atoms with Crippen molar-refractivity contribution in [1.82, 2.24) is 5.32 Å². The standard InChI is InChI=1S/C8H14N2O5S.ClH/c1-4(11)10-6(8(14)15)3-16-2-5(9)7(12)13;/h5-6H,2-3,9H2,1H3,(H,10,11)(H,12,13)(H,14,15);1H/t5-,6-;/m0./s1. The molecule has 0 aromatic carbocycles. The van der Waals surface area contributed by atoms with E-state index >= 15 is 0 Å². The van der Waals surface area contributed by atoms with Crippen LogP contribution in [-0.2, 0) is 14.4 Å². The lowest BCUT2D eigenvalue weighted by Crippen LogP contribution is -2.42. The summed E-state index contributed by atoms with van der Waals surface area (Å²) in [5.41, 5.74) is 5.22.